The second-order valence-electron chi connectivity index (χ2n) is 3.66. The van der Waals surface area contributed by atoms with Gasteiger partial charge in [0.2, 0.25) is 0 Å². The van der Waals surface area contributed by atoms with Crippen molar-refractivity contribution in [1.29, 1.82) is 0 Å². The number of carbonyl (C=O) groups excluding carboxylic acids is 1. The highest BCUT2D eigenvalue weighted by atomic mass is 127. The Kier molecular flexibility index (Phi) is 4.52. The lowest BCUT2D eigenvalue weighted by molar-refractivity contribution is 0.0303. The van der Waals surface area contributed by atoms with Gasteiger partial charge >= 0.3 is 0 Å². The molecule has 92 valence electrons. The van der Waals surface area contributed by atoms with E-state index in [9.17, 15) is 4.79 Å². The summed E-state index contributed by atoms with van der Waals surface area (Å²) in [5, 5.41) is 1.02. The third-order valence-electron chi connectivity index (χ3n) is 2.53. The van der Waals surface area contributed by atoms with Crippen molar-refractivity contribution in [3.63, 3.8) is 0 Å². The van der Waals surface area contributed by atoms with Crippen molar-refractivity contribution in [1.82, 2.24) is 4.90 Å². The second-order valence-corrected chi connectivity index (χ2v) is 5.55. The number of rotatable bonds is 1. The summed E-state index contributed by atoms with van der Waals surface area (Å²) in [7, 11) is 0. The predicted octanol–water partition coefficient (Wildman–Crippen LogP) is 3.07. The van der Waals surface area contributed by atoms with E-state index < -0.39 is 0 Å². The number of hydrogen-bond acceptors (Lipinski definition) is 2. The van der Waals surface area contributed by atoms with E-state index in [0.29, 0.717) is 41.9 Å². The molecule has 0 aliphatic carbocycles. The maximum absolute atomic E-state index is 12.2. The third kappa shape index (κ3) is 3.05. The van der Waals surface area contributed by atoms with Crippen LogP contribution in [0.1, 0.15) is 10.4 Å². The summed E-state index contributed by atoms with van der Waals surface area (Å²) in [5.74, 6) is -0.0477. The predicted molar refractivity (Wildman–Crippen MR) is 75.9 cm³/mol. The van der Waals surface area contributed by atoms with Crippen LogP contribution in [0.3, 0.4) is 0 Å². The minimum atomic E-state index is -0.0477. The van der Waals surface area contributed by atoms with Gasteiger partial charge in [0.15, 0.2) is 0 Å². The van der Waals surface area contributed by atoms with Crippen LogP contribution < -0.4 is 0 Å². The maximum atomic E-state index is 12.2. The zero-order chi connectivity index (χ0) is 12.4. The van der Waals surface area contributed by atoms with Crippen LogP contribution in [0.15, 0.2) is 12.1 Å². The number of ether oxygens (including phenoxy) is 1. The zero-order valence-corrected chi connectivity index (χ0v) is 12.6. The van der Waals surface area contributed by atoms with Crippen LogP contribution in [0.2, 0.25) is 10.0 Å². The number of halogens is 3. The number of carbonyl (C=O) groups is 1. The van der Waals surface area contributed by atoms with Crippen LogP contribution >= 0.6 is 45.8 Å². The topological polar surface area (TPSA) is 29.5 Å². The first-order valence-electron chi connectivity index (χ1n) is 5.11. The van der Waals surface area contributed by atoms with E-state index in [2.05, 4.69) is 22.6 Å². The molecule has 1 amide bonds. The molecule has 1 aliphatic rings. The van der Waals surface area contributed by atoms with Gasteiger partial charge in [0.05, 0.1) is 26.8 Å². The molecule has 1 saturated heterocycles. The van der Waals surface area contributed by atoms with Gasteiger partial charge in [-0.05, 0) is 34.7 Å². The summed E-state index contributed by atoms with van der Waals surface area (Å²) in [6.45, 7) is 2.38. The molecular formula is C11H10Cl2INO2. The number of hydrogen-bond donors (Lipinski definition) is 0. The van der Waals surface area contributed by atoms with E-state index in [1.165, 1.54) is 0 Å². The molecule has 1 aromatic rings. The molecule has 1 aliphatic heterocycles. The molecule has 0 bridgehead atoms. The van der Waals surface area contributed by atoms with E-state index in [4.69, 9.17) is 27.9 Å². The van der Waals surface area contributed by atoms with E-state index in [-0.39, 0.29) is 5.91 Å². The Bertz CT molecular complexity index is 424. The van der Waals surface area contributed by atoms with Gasteiger partial charge in [-0.1, -0.05) is 23.2 Å². The largest absolute Gasteiger partial charge is 0.378 e. The van der Waals surface area contributed by atoms with Gasteiger partial charge in [-0.25, -0.2) is 0 Å². The fourth-order valence-electron chi connectivity index (χ4n) is 1.63. The average molecular weight is 386 g/mol. The molecule has 0 radical (unpaired) electrons. The lowest BCUT2D eigenvalue weighted by Gasteiger charge is -2.27. The van der Waals surface area contributed by atoms with Crippen molar-refractivity contribution >= 4 is 51.7 Å². The fourth-order valence-corrected chi connectivity index (χ4v) is 2.43. The van der Waals surface area contributed by atoms with E-state index in [1.54, 1.807) is 17.0 Å². The molecule has 3 nitrogen and oxygen atoms in total. The first kappa shape index (κ1) is 13.4. The van der Waals surface area contributed by atoms with Crippen LogP contribution in [0.5, 0.6) is 0 Å². The van der Waals surface area contributed by atoms with E-state index in [0.717, 1.165) is 3.57 Å². The summed E-state index contributed by atoms with van der Waals surface area (Å²) >= 11 is 14.1. The Balaban J connectivity index is 2.24. The van der Waals surface area contributed by atoms with Gasteiger partial charge in [-0.3, -0.25) is 4.79 Å². The number of morpholine rings is 1. The quantitative estimate of drug-likeness (QED) is 0.549. The molecule has 17 heavy (non-hydrogen) atoms. The summed E-state index contributed by atoms with van der Waals surface area (Å²) in [6.07, 6.45) is 0. The lowest BCUT2D eigenvalue weighted by atomic mass is 10.2. The Hall–Kier alpha value is -0.0400. The van der Waals surface area contributed by atoms with E-state index in [1.807, 2.05) is 0 Å². The van der Waals surface area contributed by atoms with Gasteiger partial charge in [0.25, 0.3) is 5.91 Å². The average Bonchev–Trinajstić information content (AvgIpc) is 2.35. The van der Waals surface area contributed by atoms with Crippen molar-refractivity contribution in [3.05, 3.63) is 31.3 Å². The summed E-state index contributed by atoms with van der Waals surface area (Å²) in [4.78, 5) is 13.9. The SMILES string of the molecule is O=C(c1cc(Cl)c(I)c(Cl)c1)N1CCOCC1. The number of amides is 1. The highest BCUT2D eigenvalue weighted by Crippen LogP contribution is 2.28. The Morgan fingerprint density at radius 3 is 2.29 bits per heavy atom. The monoisotopic (exact) mass is 385 g/mol. The zero-order valence-electron chi connectivity index (χ0n) is 8.88. The summed E-state index contributed by atoms with van der Waals surface area (Å²) < 4.78 is 5.97. The van der Waals surface area contributed by atoms with Crippen LogP contribution in [0, 0.1) is 3.57 Å². The lowest BCUT2D eigenvalue weighted by Crippen LogP contribution is -2.40. The molecule has 2 rings (SSSR count). The smallest absolute Gasteiger partial charge is 0.254 e. The molecule has 1 heterocycles. The molecule has 0 saturated carbocycles. The van der Waals surface area contributed by atoms with Crippen molar-refractivity contribution in [3.8, 4) is 0 Å². The normalized spacial score (nSPS) is 16.1. The Labute approximate surface area is 123 Å². The van der Waals surface area contributed by atoms with Crippen molar-refractivity contribution in [2.24, 2.45) is 0 Å². The van der Waals surface area contributed by atoms with Crippen molar-refractivity contribution in [2.75, 3.05) is 26.3 Å². The second kappa shape index (κ2) is 5.73. The molecule has 0 spiro atoms. The molecule has 1 aromatic carbocycles. The molecule has 6 heteroatoms. The van der Waals surface area contributed by atoms with E-state index >= 15 is 0 Å². The minimum absolute atomic E-state index is 0.0477. The van der Waals surface area contributed by atoms with Crippen molar-refractivity contribution in [2.45, 2.75) is 0 Å². The molecule has 0 atom stereocenters. The van der Waals surface area contributed by atoms with Gasteiger partial charge < -0.3 is 9.64 Å². The number of nitrogens with zero attached hydrogens (tertiary/aromatic N) is 1. The van der Waals surface area contributed by atoms with Gasteiger partial charge in [0, 0.05) is 18.7 Å². The first-order valence-corrected chi connectivity index (χ1v) is 6.94. The maximum Gasteiger partial charge on any atom is 0.254 e. The third-order valence-corrected chi connectivity index (χ3v) is 4.93. The van der Waals surface area contributed by atoms with Crippen LogP contribution in [-0.2, 0) is 4.74 Å². The summed E-state index contributed by atoms with van der Waals surface area (Å²) in [6, 6.07) is 3.32. The summed E-state index contributed by atoms with van der Waals surface area (Å²) in [5.41, 5.74) is 0.530. The first-order chi connectivity index (χ1) is 8.09. The van der Waals surface area contributed by atoms with Gasteiger partial charge in [-0.15, -0.1) is 0 Å². The number of benzene rings is 1. The van der Waals surface area contributed by atoms with Crippen LogP contribution in [-0.4, -0.2) is 37.1 Å². The molecule has 0 unspecified atom stereocenters. The molecule has 0 N–H and O–H groups in total. The fraction of sp³-hybridized carbons (Fsp3) is 0.364. The Morgan fingerprint density at radius 2 is 1.76 bits per heavy atom. The van der Waals surface area contributed by atoms with Crippen molar-refractivity contribution < 1.29 is 9.53 Å². The van der Waals surface area contributed by atoms with Gasteiger partial charge in [-0.2, -0.15) is 0 Å². The van der Waals surface area contributed by atoms with Gasteiger partial charge in [0.1, 0.15) is 0 Å². The molecule has 0 aromatic heterocycles. The molecule has 1 fully saturated rings. The highest BCUT2D eigenvalue weighted by molar-refractivity contribution is 14.1. The standard InChI is InChI=1S/C11H10Cl2INO2/c12-8-5-7(6-9(13)10(8)14)11(16)15-1-3-17-4-2-15/h5-6H,1-4H2. The Morgan fingerprint density at radius 1 is 1.24 bits per heavy atom. The molecular weight excluding hydrogens is 376 g/mol. The highest BCUT2D eigenvalue weighted by Gasteiger charge is 2.20. The van der Waals surface area contributed by atoms with Crippen LogP contribution in [0.4, 0.5) is 0 Å². The van der Waals surface area contributed by atoms with Crippen LogP contribution in [0.25, 0.3) is 0 Å². The minimum Gasteiger partial charge on any atom is -0.378 e.